The van der Waals surface area contributed by atoms with Crippen molar-refractivity contribution < 1.29 is 4.79 Å². The zero-order valence-electron chi connectivity index (χ0n) is 13.1. The van der Waals surface area contributed by atoms with E-state index in [9.17, 15) is 4.79 Å². The molecule has 3 heterocycles. The summed E-state index contributed by atoms with van der Waals surface area (Å²) in [4.78, 5) is 22.4. The fourth-order valence-electron chi connectivity index (χ4n) is 2.94. The molecule has 2 aromatic heterocycles. The van der Waals surface area contributed by atoms with Crippen molar-refractivity contribution in [2.75, 3.05) is 31.1 Å². The van der Waals surface area contributed by atoms with Crippen LogP contribution in [0.2, 0.25) is 0 Å². The lowest BCUT2D eigenvalue weighted by Crippen LogP contribution is -2.48. The van der Waals surface area contributed by atoms with Gasteiger partial charge in [0.05, 0.1) is 4.88 Å². The van der Waals surface area contributed by atoms with Gasteiger partial charge in [-0.1, -0.05) is 30.3 Å². The van der Waals surface area contributed by atoms with Gasteiger partial charge < -0.3 is 9.80 Å². The molecule has 0 aliphatic carbocycles. The van der Waals surface area contributed by atoms with E-state index in [1.807, 2.05) is 46.1 Å². The number of benzene rings is 1. The van der Waals surface area contributed by atoms with Crippen LogP contribution in [0.5, 0.6) is 0 Å². The van der Waals surface area contributed by atoms with Crippen LogP contribution in [-0.4, -0.2) is 42.0 Å². The van der Waals surface area contributed by atoms with Crippen LogP contribution in [0.1, 0.15) is 9.67 Å². The van der Waals surface area contributed by atoms with Crippen LogP contribution >= 0.6 is 22.7 Å². The Balaban J connectivity index is 1.49. The van der Waals surface area contributed by atoms with Gasteiger partial charge in [-0.3, -0.25) is 4.79 Å². The molecule has 4 nitrogen and oxygen atoms in total. The highest BCUT2D eigenvalue weighted by Gasteiger charge is 2.25. The fraction of sp³-hybridized carbons (Fsp3) is 0.222. The highest BCUT2D eigenvalue weighted by atomic mass is 32.1. The second kappa shape index (κ2) is 6.75. The van der Waals surface area contributed by atoms with Crippen LogP contribution in [-0.2, 0) is 0 Å². The van der Waals surface area contributed by atoms with Crippen molar-refractivity contribution >= 4 is 33.7 Å². The molecule has 0 atom stereocenters. The fourth-order valence-corrected chi connectivity index (χ4v) is 4.52. The molecular weight excluding hydrogens is 338 g/mol. The Bertz CT molecular complexity index is 806. The second-order valence-corrected chi connectivity index (χ2v) is 7.41. The third kappa shape index (κ3) is 2.95. The highest BCUT2D eigenvalue weighted by molar-refractivity contribution is 7.13. The minimum atomic E-state index is 0.141. The maximum atomic E-state index is 13.0. The van der Waals surface area contributed by atoms with E-state index in [-0.39, 0.29) is 5.91 Å². The maximum Gasteiger partial charge on any atom is 0.264 e. The number of hydrogen-bond acceptors (Lipinski definition) is 5. The molecular formula is C18H17N3OS2. The number of nitrogens with zero attached hydrogens (tertiary/aromatic N) is 3. The SMILES string of the molecule is O=C(c1sccc1-c1ccccc1)N1CCN(c2nccs2)CC1. The Morgan fingerprint density at radius 1 is 0.958 bits per heavy atom. The predicted molar refractivity (Wildman–Crippen MR) is 100.0 cm³/mol. The van der Waals surface area contributed by atoms with Crippen molar-refractivity contribution in [1.82, 2.24) is 9.88 Å². The van der Waals surface area contributed by atoms with Gasteiger partial charge in [0.1, 0.15) is 0 Å². The third-order valence-electron chi connectivity index (χ3n) is 4.20. The molecule has 3 aromatic rings. The summed E-state index contributed by atoms with van der Waals surface area (Å²) in [5.74, 6) is 0.141. The minimum absolute atomic E-state index is 0.141. The molecule has 0 spiro atoms. The van der Waals surface area contributed by atoms with Gasteiger partial charge in [-0.15, -0.1) is 22.7 Å². The summed E-state index contributed by atoms with van der Waals surface area (Å²) in [5.41, 5.74) is 2.14. The zero-order chi connectivity index (χ0) is 16.4. The van der Waals surface area contributed by atoms with Crippen LogP contribution in [0, 0.1) is 0 Å². The number of carbonyl (C=O) groups excluding carboxylic acids is 1. The summed E-state index contributed by atoms with van der Waals surface area (Å²) in [7, 11) is 0. The normalized spacial score (nSPS) is 14.8. The van der Waals surface area contributed by atoms with Gasteiger partial charge in [0.2, 0.25) is 0 Å². The molecule has 0 saturated carbocycles. The van der Waals surface area contributed by atoms with Crippen molar-refractivity contribution in [1.29, 1.82) is 0 Å². The number of anilines is 1. The first-order valence-electron chi connectivity index (χ1n) is 7.89. The predicted octanol–water partition coefficient (Wildman–Crippen LogP) is 3.83. The molecule has 24 heavy (non-hydrogen) atoms. The topological polar surface area (TPSA) is 36.4 Å². The number of hydrogen-bond donors (Lipinski definition) is 0. The molecule has 1 aliphatic heterocycles. The molecule has 1 aliphatic rings. The molecule has 0 radical (unpaired) electrons. The summed E-state index contributed by atoms with van der Waals surface area (Å²) >= 11 is 3.18. The van der Waals surface area contributed by atoms with E-state index in [4.69, 9.17) is 0 Å². The van der Waals surface area contributed by atoms with Crippen LogP contribution in [0.15, 0.2) is 53.4 Å². The van der Waals surface area contributed by atoms with E-state index >= 15 is 0 Å². The number of thiophene rings is 1. The van der Waals surface area contributed by atoms with Crippen molar-refractivity contribution in [3.8, 4) is 11.1 Å². The van der Waals surface area contributed by atoms with E-state index < -0.39 is 0 Å². The Hall–Kier alpha value is -2.18. The lowest BCUT2D eigenvalue weighted by molar-refractivity contribution is 0.0752. The third-order valence-corrected chi connectivity index (χ3v) is 5.94. The first kappa shape index (κ1) is 15.4. The first-order chi connectivity index (χ1) is 11.8. The highest BCUT2D eigenvalue weighted by Crippen LogP contribution is 2.30. The smallest absolute Gasteiger partial charge is 0.264 e. The summed E-state index contributed by atoms with van der Waals surface area (Å²) < 4.78 is 0. The van der Waals surface area contributed by atoms with Crippen LogP contribution in [0.3, 0.4) is 0 Å². The molecule has 1 amide bonds. The number of amides is 1. The Kier molecular flexibility index (Phi) is 4.32. The van der Waals surface area contributed by atoms with Crippen LogP contribution in [0.25, 0.3) is 11.1 Å². The summed E-state index contributed by atoms with van der Waals surface area (Å²) in [6.45, 7) is 3.16. The van der Waals surface area contributed by atoms with Gasteiger partial charge in [0.25, 0.3) is 5.91 Å². The Morgan fingerprint density at radius 2 is 1.75 bits per heavy atom. The number of piperazine rings is 1. The zero-order valence-corrected chi connectivity index (χ0v) is 14.7. The molecule has 122 valence electrons. The molecule has 6 heteroatoms. The van der Waals surface area contributed by atoms with E-state index in [1.54, 1.807) is 11.3 Å². The molecule has 0 unspecified atom stereocenters. The summed E-state index contributed by atoms with van der Waals surface area (Å²) in [6, 6.07) is 12.2. The Morgan fingerprint density at radius 3 is 2.46 bits per heavy atom. The van der Waals surface area contributed by atoms with E-state index in [0.717, 1.165) is 47.3 Å². The van der Waals surface area contributed by atoms with Gasteiger partial charge in [-0.05, 0) is 17.0 Å². The van der Waals surface area contributed by atoms with Gasteiger partial charge in [-0.2, -0.15) is 0 Å². The minimum Gasteiger partial charge on any atom is -0.345 e. The summed E-state index contributed by atoms with van der Waals surface area (Å²) in [6.07, 6.45) is 1.83. The molecule has 1 fully saturated rings. The average Bonchev–Trinajstić information content (AvgIpc) is 3.34. The standard InChI is InChI=1S/C18H17N3OS2/c22-17(16-15(6-12-23-16)14-4-2-1-3-5-14)20-8-10-21(11-9-20)18-19-7-13-24-18/h1-7,12-13H,8-11H2. The van der Waals surface area contributed by atoms with Crippen molar-refractivity contribution in [3.63, 3.8) is 0 Å². The number of aromatic nitrogens is 1. The number of rotatable bonds is 3. The quantitative estimate of drug-likeness (QED) is 0.716. The van der Waals surface area contributed by atoms with Crippen LogP contribution in [0.4, 0.5) is 5.13 Å². The van der Waals surface area contributed by atoms with Crippen molar-refractivity contribution in [2.45, 2.75) is 0 Å². The van der Waals surface area contributed by atoms with Gasteiger partial charge in [-0.25, -0.2) is 4.98 Å². The van der Waals surface area contributed by atoms with Gasteiger partial charge in [0.15, 0.2) is 5.13 Å². The van der Waals surface area contributed by atoms with Crippen LogP contribution < -0.4 is 4.90 Å². The second-order valence-electron chi connectivity index (χ2n) is 5.62. The van der Waals surface area contributed by atoms with Crippen molar-refractivity contribution in [2.24, 2.45) is 0 Å². The molecule has 1 saturated heterocycles. The first-order valence-corrected chi connectivity index (χ1v) is 9.65. The van der Waals surface area contributed by atoms with Crippen molar-refractivity contribution in [3.05, 3.63) is 58.2 Å². The maximum absolute atomic E-state index is 13.0. The molecule has 0 bridgehead atoms. The molecule has 1 aromatic carbocycles. The van der Waals surface area contributed by atoms with Gasteiger partial charge in [0, 0.05) is 43.3 Å². The summed E-state index contributed by atoms with van der Waals surface area (Å²) in [5, 5.41) is 5.04. The Labute approximate surface area is 149 Å². The van der Waals surface area contributed by atoms with E-state index in [1.165, 1.54) is 11.3 Å². The average molecular weight is 355 g/mol. The number of thiazole rings is 1. The van der Waals surface area contributed by atoms with E-state index in [2.05, 4.69) is 22.0 Å². The monoisotopic (exact) mass is 355 g/mol. The number of carbonyl (C=O) groups is 1. The van der Waals surface area contributed by atoms with Gasteiger partial charge >= 0.3 is 0 Å². The van der Waals surface area contributed by atoms with E-state index in [0.29, 0.717) is 0 Å². The molecule has 4 rings (SSSR count). The lowest BCUT2D eigenvalue weighted by atomic mass is 10.1. The lowest BCUT2D eigenvalue weighted by Gasteiger charge is -2.34. The molecule has 0 N–H and O–H groups in total. The largest absolute Gasteiger partial charge is 0.345 e.